The number of alkyl halides is 3. The Morgan fingerprint density at radius 2 is 1.82 bits per heavy atom. The molecule has 2 N–H and O–H groups in total. The van der Waals surface area contributed by atoms with Crippen LogP contribution in [0.1, 0.15) is 11.6 Å². The molecule has 0 aliphatic rings. The Morgan fingerprint density at radius 1 is 1.27 bits per heavy atom. The van der Waals surface area contributed by atoms with Gasteiger partial charge in [0.15, 0.2) is 6.04 Å². The average molecular weight is 328 g/mol. The fourth-order valence-electron chi connectivity index (χ4n) is 1.43. The van der Waals surface area contributed by atoms with Gasteiger partial charge >= 0.3 is 23.7 Å². The summed E-state index contributed by atoms with van der Waals surface area (Å²) in [6, 6.07) is -2.14. The Labute approximate surface area is 117 Å². The number of amides is 1. The maximum atomic E-state index is 13.8. The second kappa shape index (κ2) is 5.91. The molecule has 120 valence electrons. The van der Waals surface area contributed by atoms with E-state index in [-0.39, 0.29) is 0 Å². The third-order valence-corrected chi connectivity index (χ3v) is 2.37. The summed E-state index contributed by atoms with van der Waals surface area (Å²) < 4.78 is 63.5. The molecular formula is C10H5F5N2O5. The number of rotatable bonds is 4. The van der Waals surface area contributed by atoms with Crippen molar-refractivity contribution in [2.75, 3.05) is 0 Å². The van der Waals surface area contributed by atoms with Crippen molar-refractivity contribution < 1.29 is 41.6 Å². The van der Waals surface area contributed by atoms with Crippen LogP contribution in [0.4, 0.5) is 27.6 Å². The van der Waals surface area contributed by atoms with Crippen LogP contribution in [0, 0.1) is 21.7 Å². The predicted molar refractivity (Wildman–Crippen MR) is 57.6 cm³/mol. The number of hydrogen-bond acceptors (Lipinski definition) is 4. The van der Waals surface area contributed by atoms with Gasteiger partial charge in [-0.25, -0.2) is 9.18 Å². The Balaban J connectivity index is 3.40. The number of nitro groups is 1. The number of carboxylic acids is 1. The molecule has 1 rings (SSSR count). The first-order chi connectivity index (χ1) is 9.96. The molecule has 0 saturated heterocycles. The quantitative estimate of drug-likeness (QED) is 0.496. The monoisotopic (exact) mass is 328 g/mol. The van der Waals surface area contributed by atoms with Gasteiger partial charge in [0, 0.05) is 6.07 Å². The van der Waals surface area contributed by atoms with Gasteiger partial charge in [-0.05, 0) is 6.07 Å². The Bertz CT molecular complexity index is 645. The van der Waals surface area contributed by atoms with Crippen molar-refractivity contribution >= 4 is 17.6 Å². The zero-order valence-electron chi connectivity index (χ0n) is 10.1. The minimum absolute atomic E-state index is 0.298. The van der Waals surface area contributed by atoms with E-state index in [4.69, 9.17) is 5.11 Å². The third kappa shape index (κ3) is 3.45. The second-order valence-corrected chi connectivity index (χ2v) is 3.79. The number of nitro benzene ring substituents is 1. The van der Waals surface area contributed by atoms with Crippen molar-refractivity contribution in [3.05, 3.63) is 39.4 Å². The summed E-state index contributed by atoms with van der Waals surface area (Å²) in [4.78, 5) is 30.7. The van der Waals surface area contributed by atoms with E-state index in [2.05, 4.69) is 0 Å². The molecule has 0 spiro atoms. The van der Waals surface area contributed by atoms with Gasteiger partial charge in [0.05, 0.1) is 10.5 Å². The standard InChI is InChI=1S/C10H5F5N2O5/c11-3-1-2-4(17(21)22)6(12)5(3)7(8(18)19)16-9(20)10(13,14)15/h1-2,7H,(H,16,20)(H,18,19). The van der Waals surface area contributed by atoms with Crippen molar-refractivity contribution in [2.45, 2.75) is 12.2 Å². The highest BCUT2D eigenvalue weighted by molar-refractivity contribution is 5.87. The summed E-state index contributed by atoms with van der Waals surface area (Å²) in [6.07, 6.45) is -5.51. The van der Waals surface area contributed by atoms with Crippen LogP contribution in [0.5, 0.6) is 0 Å². The molecule has 0 bridgehead atoms. The van der Waals surface area contributed by atoms with Crippen LogP contribution in [0.3, 0.4) is 0 Å². The number of hydrogen-bond donors (Lipinski definition) is 2. The summed E-state index contributed by atoms with van der Waals surface area (Å²) >= 11 is 0. The first-order valence-corrected chi connectivity index (χ1v) is 5.19. The first kappa shape index (κ1) is 17.3. The SMILES string of the molecule is O=C(O)C(NC(=O)C(F)(F)F)c1c(F)ccc([N+](=O)[O-])c1F. The number of nitrogens with one attached hydrogen (secondary N) is 1. The van der Waals surface area contributed by atoms with E-state index in [0.717, 1.165) is 5.32 Å². The van der Waals surface area contributed by atoms with Crippen LogP contribution in [-0.2, 0) is 9.59 Å². The molecular weight excluding hydrogens is 323 g/mol. The van der Waals surface area contributed by atoms with Crippen LogP contribution in [0.25, 0.3) is 0 Å². The van der Waals surface area contributed by atoms with Crippen LogP contribution >= 0.6 is 0 Å². The van der Waals surface area contributed by atoms with E-state index in [0.29, 0.717) is 12.1 Å². The second-order valence-electron chi connectivity index (χ2n) is 3.79. The largest absolute Gasteiger partial charge is 0.479 e. The highest BCUT2D eigenvalue weighted by atomic mass is 19.4. The van der Waals surface area contributed by atoms with E-state index >= 15 is 0 Å². The van der Waals surface area contributed by atoms with Crippen LogP contribution < -0.4 is 5.32 Å². The van der Waals surface area contributed by atoms with Crippen molar-refractivity contribution in [1.82, 2.24) is 5.32 Å². The van der Waals surface area contributed by atoms with E-state index in [1.165, 1.54) is 0 Å². The molecule has 1 aromatic rings. The Kier molecular flexibility index (Phi) is 4.64. The summed E-state index contributed by atoms with van der Waals surface area (Å²) in [5, 5.41) is 20.1. The highest BCUT2D eigenvalue weighted by Crippen LogP contribution is 2.29. The average Bonchev–Trinajstić information content (AvgIpc) is 2.35. The third-order valence-electron chi connectivity index (χ3n) is 2.37. The molecule has 1 unspecified atom stereocenters. The lowest BCUT2D eigenvalue weighted by atomic mass is 10.0. The number of nitrogens with zero attached hydrogens (tertiary/aromatic N) is 1. The fraction of sp³-hybridized carbons (Fsp3) is 0.200. The van der Waals surface area contributed by atoms with Crippen LogP contribution in [0.15, 0.2) is 12.1 Å². The normalized spacial score (nSPS) is 12.6. The molecule has 0 aliphatic carbocycles. The lowest BCUT2D eigenvalue weighted by Crippen LogP contribution is -2.42. The molecule has 0 radical (unpaired) electrons. The van der Waals surface area contributed by atoms with Gasteiger partial charge in [-0.15, -0.1) is 0 Å². The number of aliphatic carboxylic acids is 1. The smallest absolute Gasteiger partial charge is 0.471 e. The van der Waals surface area contributed by atoms with Crippen molar-refractivity contribution in [3.8, 4) is 0 Å². The minimum Gasteiger partial charge on any atom is -0.479 e. The van der Waals surface area contributed by atoms with E-state index < -0.39 is 51.9 Å². The van der Waals surface area contributed by atoms with Crippen molar-refractivity contribution in [3.63, 3.8) is 0 Å². The van der Waals surface area contributed by atoms with Gasteiger partial charge < -0.3 is 10.4 Å². The first-order valence-electron chi connectivity index (χ1n) is 5.19. The predicted octanol–water partition coefficient (Wildman–Crippen LogP) is 1.68. The van der Waals surface area contributed by atoms with Crippen LogP contribution in [-0.4, -0.2) is 28.1 Å². The van der Waals surface area contributed by atoms with Gasteiger partial charge in [0.2, 0.25) is 5.82 Å². The topological polar surface area (TPSA) is 110 Å². The van der Waals surface area contributed by atoms with Crippen molar-refractivity contribution in [2.24, 2.45) is 0 Å². The van der Waals surface area contributed by atoms with Gasteiger partial charge in [-0.2, -0.15) is 17.6 Å². The molecule has 0 saturated carbocycles. The van der Waals surface area contributed by atoms with E-state index in [1.807, 2.05) is 0 Å². The molecule has 0 aliphatic heterocycles. The number of carboxylic acid groups (broad SMARTS) is 1. The van der Waals surface area contributed by atoms with Crippen LogP contribution in [0.2, 0.25) is 0 Å². The molecule has 1 atom stereocenters. The number of benzene rings is 1. The Morgan fingerprint density at radius 3 is 2.23 bits per heavy atom. The van der Waals surface area contributed by atoms with E-state index in [1.54, 1.807) is 0 Å². The van der Waals surface area contributed by atoms with Crippen molar-refractivity contribution in [1.29, 1.82) is 0 Å². The van der Waals surface area contributed by atoms with Gasteiger partial charge in [-0.3, -0.25) is 14.9 Å². The fourth-order valence-corrected chi connectivity index (χ4v) is 1.43. The maximum Gasteiger partial charge on any atom is 0.471 e. The zero-order chi connectivity index (χ0) is 17.2. The highest BCUT2D eigenvalue weighted by Gasteiger charge is 2.43. The number of carbonyl (C=O) groups is 2. The van der Waals surface area contributed by atoms with Gasteiger partial charge in [0.1, 0.15) is 5.82 Å². The summed E-state index contributed by atoms with van der Waals surface area (Å²) in [5.74, 6) is -8.68. The molecule has 12 heteroatoms. The Hall–Kier alpha value is -2.79. The molecule has 0 fully saturated rings. The summed E-state index contributed by atoms with van der Waals surface area (Å²) in [6.45, 7) is 0. The maximum absolute atomic E-state index is 13.8. The molecule has 1 aromatic carbocycles. The number of carbonyl (C=O) groups excluding carboxylic acids is 1. The summed E-state index contributed by atoms with van der Waals surface area (Å²) in [5.41, 5.74) is -2.94. The van der Waals surface area contributed by atoms with E-state index in [9.17, 15) is 41.7 Å². The lowest BCUT2D eigenvalue weighted by molar-refractivity contribution is -0.387. The van der Waals surface area contributed by atoms with Gasteiger partial charge in [-0.1, -0.05) is 0 Å². The molecule has 1 amide bonds. The zero-order valence-corrected chi connectivity index (χ0v) is 10.1. The minimum atomic E-state index is -5.51. The molecule has 0 heterocycles. The molecule has 0 aromatic heterocycles. The number of halogens is 5. The van der Waals surface area contributed by atoms with Gasteiger partial charge in [0.25, 0.3) is 0 Å². The molecule has 22 heavy (non-hydrogen) atoms. The lowest BCUT2D eigenvalue weighted by Gasteiger charge is -2.17. The summed E-state index contributed by atoms with van der Waals surface area (Å²) in [7, 11) is 0. The molecule has 7 nitrogen and oxygen atoms in total.